The number of halogens is 2. The van der Waals surface area contributed by atoms with Crippen LogP contribution in [0.1, 0.15) is 23.6 Å². The molecule has 1 heterocycles. The highest BCUT2D eigenvalue weighted by Crippen LogP contribution is 2.32. The predicted octanol–water partition coefficient (Wildman–Crippen LogP) is 4.14. The minimum atomic E-state index is -0.00521. The molecule has 0 saturated heterocycles. The first kappa shape index (κ1) is 13.3. The van der Waals surface area contributed by atoms with Crippen molar-refractivity contribution < 1.29 is 5.11 Å². The monoisotopic (exact) mass is 306 g/mol. The van der Waals surface area contributed by atoms with E-state index in [1.807, 2.05) is 24.3 Å². The van der Waals surface area contributed by atoms with Crippen molar-refractivity contribution in [2.24, 2.45) is 5.10 Å². The molecule has 0 aliphatic carbocycles. The Morgan fingerprint density at radius 2 is 1.95 bits per heavy atom. The van der Waals surface area contributed by atoms with Gasteiger partial charge >= 0.3 is 0 Å². The first-order valence-electron chi connectivity index (χ1n) is 6.20. The van der Waals surface area contributed by atoms with Gasteiger partial charge in [-0.3, -0.25) is 0 Å². The van der Waals surface area contributed by atoms with E-state index in [1.54, 1.807) is 18.2 Å². The van der Waals surface area contributed by atoms with Gasteiger partial charge in [-0.05, 0) is 29.8 Å². The zero-order valence-corrected chi connectivity index (χ0v) is 12.0. The Morgan fingerprint density at radius 3 is 2.70 bits per heavy atom. The smallest absolute Gasteiger partial charge is 0.124 e. The van der Waals surface area contributed by atoms with Gasteiger partial charge in [0.05, 0.1) is 11.8 Å². The number of para-hydroxylation sites is 1. The second kappa shape index (κ2) is 5.35. The summed E-state index contributed by atoms with van der Waals surface area (Å²) >= 11 is 12.1. The number of benzene rings is 2. The van der Waals surface area contributed by atoms with Crippen molar-refractivity contribution in [3.8, 4) is 5.75 Å². The van der Waals surface area contributed by atoms with E-state index in [2.05, 4.69) is 10.5 Å². The molecule has 0 fully saturated rings. The Labute approximate surface area is 126 Å². The average Bonchev–Trinajstić information content (AvgIpc) is 2.88. The molecule has 2 N–H and O–H groups in total. The molecule has 3 rings (SSSR count). The number of phenols is 1. The summed E-state index contributed by atoms with van der Waals surface area (Å²) in [4.78, 5) is 0. The lowest BCUT2D eigenvalue weighted by Gasteiger charge is -2.12. The molecule has 102 valence electrons. The Kier molecular flexibility index (Phi) is 3.55. The fraction of sp³-hybridized carbons (Fsp3) is 0.133. The third-order valence-corrected chi connectivity index (χ3v) is 3.87. The van der Waals surface area contributed by atoms with Crippen molar-refractivity contribution in [3.05, 3.63) is 63.6 Å². The van der Waals surface area contributed by atoms with Crippen molar-refractivity contribution >= 4 is 28.9 Å². The molecule has 0 amide bonds. The number of aromatic hydroxyl groups is 1. The molecule has 20 heavy (non-hydrogen) atoms. The van der Waals surface area contributed by atoms with Gasteiger partial charge in [0, 0.05) is 22.0 Å². The topological polar surface area (TPSA) is 44.6 Å². The lowest BCUT2D eigenvalue weighted by molar-refractivity contribution is 0.474. The lowest BCUT2D eigenvalue weighted by atomic mass is 9.98. The lowest BCUT2D eigenvalue weighted by Crippen LogP contribution is -2.10. The third kappa shape index (κ3) is 2.47. The van der Waals surface area contributed by atoms with Crippen LogP contribution < -0.4 is 5.43 Å². The summed E-state index contributed by atoms with van der Waals surface area (Å²) in [6.07, 6.45) is 0.666. The van der Waals surface area contributed by atoms with Crippen molar-refractivity contribution in [1.29, 1.82) is 0 Å². The number of hydrogen-bond acceptors (Lipinski definition) is 3. The number of nitrogens with zero attached hydrogens (tertiary/aromatic N) is 1. The summed E-state index contributed by atoms with van der Waals surface area (Å²) < 4.78 is 0. The number of hydrogen-bond donors (Lipinski definition) is 2. The first-order chi connectivity index (χ1) is 9.65. The molecular formula is C15H12Cl2N2O. The Hall–Kier alpha value is -1.71. The normalized spacial score (nSPS) is 17.7. The summed E-state index contributed by atoms with van der Waals surface area (Å²) in [7, 11) is 0. The van der Waals surface area contributed by atoms with Crippen LogP contribution in [0, 0.1) is 0 Å². The summed E-state index contributed by atoms with van der Waals surface area (Å²) in [6.45, 7) is 0. The van der Waals surface area contributed by atoms with Gasteiger partial charge in [-0.1, -0.05) is 41.4 Å². The molecule has 1 atom stereocenters. The maximum atomic E-state index is 9.87. The van der Waals surface area contributed by atoms with E-state index in [1.165, 1.54) is 0 Å². The molecule has 0 aromatic heterocycles. The minimum absolute atomic E-state index is 0.00521. The fourth-order valence-corrected chi connectivity index (χ4v) is 2.83. The van der Waals surface area contributed by atoms with Crippen LogP contribution in [0.2, 0.25) is 10.0 Å². The van der Waals surface area contributed by atoms with E-state index in [0.717, 1.165) is 16.8 Å². The first-order valence-corrected chi connectivity index (χ1v) is 6.96. The molecule has 2 aromatic rings. The number of hydrazone groups is 1. The highest BCUT2D eigenvalue weighted by molar-refractivity contribution is 6.35. The molecule has 1 aliphatic rings. The van der Waals surface area contributed by atoms with Gasteiger partial charge in [0.25, 0.3) is 0 Å². The molecule has 1 unspecified atom stereocenters. The Morgan fingerprint density at radius 1 is 1.15 bits per heavy atom. The highest BCUT2D eigenvalue weighted by atomic mass is 35.5. The van der Waals surface area contributed by atoms with Gasteiger partial charge in [-0.2, -0.15) is 5.10 Å². The number of rotatable bonds is 2. The summed E-state index contributed by atoms with van der Waals surface area (Å²) in [5.74, 6) is 0.232. The average molecular weight is 307 g/mol. The molecule has 0 radical (unpaired) electrons. The van der Waals surface area contributed by atoms with E-state index >= 15 is 0 Å². The van der Waals surface area contributed by atoms with Crippen LogP contribution in [0.3, 0.4) is 0 Å². The van der Waals surface area contributed by atoms with Gasteiger partial charge in [0.2, 0.25) is 0 Å². The van der Waals surface area contributed by atoms with E-state index in [4.69, 9.17) is 23.2 Å². The molecule has 0 bridgehead atoms. The quantitative estimate of drug-likeness (QED) is 0.876. The second-order valence-electron chi connectivity index (χ2n) is 4.63. The van der Waals surface area contributed by atoms with Gasteiger partial charge in [-0.15, -0.1) is 0 Å². The standard InChI is InChI=1S/C15H12Cl2N2O/c16-9-5-6-10(12(17)7-9)13-8-14(19-18-13)11-3-1-2-4-15(11)20/h1-7,13,18,20H,8H2. The van der Waals surface area contributed by atoms with E-state index in [0.29, 0.717) is 16.5 Å². The summed E-state index contributed by atoms with van der Waals surface area (Å²) in [6, 6.07) is 12.6. The molecule has 2 aromatic carbocycles. The van der Waals surface area contributed by atoms with Crippen LogP contribution in [0.15, 0.2) is 47.6 Å². The van der Waals surface area contributed by atoms with E-state index in [9.17, 15) is 5.11 Å². The molecular weight excluding hydrogens is 295 g/mol. The minimum Gasteiger partial charge on any atom is -0.507 e. The maximum absolute atomic E-state index is 9.87. The van der Waals surface area contributed by atoms with Gasteiger partial charge in [0.15, 0.2) is 0 Å². The van der Waals surface area contributed by atoms with Crippen molar-refractivity contribution in [2.75, 3.05) is 0 Å². The molecule has 0 spiro atoms. The predicted molar refractivity (Wildman–Crippen MR) is 81.6 cm³/mol. The fourth-order valence-electron chi connectivity index (χ4n) is 2.29. The van der Waals surface area contributed by atoms with E-state index in [-0.39, 0.29) is 11.8 Å². The van der Waals surface area contributed by atoms with E-state index < -0.39 is 0 Å². The highest BCUT2D eigenvalue weighted by Gasteiger charge is 2.24. The van der Waals surface area contributed by atoms with Gasteiger partial charge < -0.3 is 10.5 Å². The number of phenolic OH excluding ortho intramolecular Hbond substituents is 1. The molecule has 1 aliphatic heterocycles. The maximum Gasteiger partial charge on any atom is 0.124 e. The van der Waals surface area contributed by atoms with Crippen molar-refractivity contribution in [2.45, 2.75) is 12.5 Å². The van der Waals surface area contributed by atoms with Crippen LogP contribution in [0.25, 0.3) is 0 Å². The van der Waals surface area contributed by atoms with Crippen molar-refractivity contribution in [3.63, 3.8) is 0 Å². The van der Waals surface area contributed by atoms with Crippen LogP contribution in [0.5, 0.6) is 5.75 Å². The number of nitrogens with one attached hydrogen (secondary N) is 1. The second-order valence-corrected chi connectivity index (χ2v) is 5.47. The van der Waals surface area contributed by atoms with Crippen molar-refractivity contribution in [1.82, 2.24) is 5.43 Å². The summed E-state index contributed by atoms with van der Waals surface area (Å²) in [5, 5.41) is 15.4. The van der Waals surface area contributed by atoms with Crippen LogP contribution in [-0.4, -0.2) is 10.8 Å². The zero-order chi connectivity index (χ0) is 14.1. The molecule has 0 saturated carbocycles. The Bertz CT molecular complexity index is 685. The molecule has 3 nitrogen and oxygen atoms in total. The van der Waals surface area contributed by atoms with Crippen LogP contribution >= 0.6 is 23.2 Å². The zero-order valence-electron chi connectivity index (χ0n) is 10.5. The van der Waals surface area contributed by atoms with Gasteiger partial charge in [0.1, 0.15) is 5.75 Å². The SMILES string of the molecule is Oc1ccccc1C1=NNC(c2ccc(Cl)cc2Cl)C1. The third-order valence-electron chi connectivity index (χ3n) is 3.31. The van der Waals surface area contributed by atoms with Crippen LogP contribution in [0.4, 0.5) is 0 Å². The Balaban J connectivity index is 1.84. The summed E-state index contributed by atoms with van der Waals surface area (Å²) in [5.41, 5.74) is 5.57. The largest absolute Gasteiger partial charge is 0.507 e. The molecule has 5 heteroatoms. The van der Waals surface area contributed by atoms with Gasteiger partial charge in [-0.25, -0.2) is 0 Å². The van der Waals surface area contributed by atoms with Crippen LogP contribution in [-0.2, 0) is 0 Å².